The molecule has 1 aromatic carbocycles. The first-order valence-corrected chi connectivity index (χ1v) is 3.97. The maximum atomic E-state index is 13.2. The Morgan fingerprint density at radius 3 is 3.00 bits per heavy atom. The number of nitrogens with one attached hydrogen (secondary N) is 1. The smallest absolute Gasteiger partial charge is 0.150 e. The Kier molecular flexibility index (Phi) is 3.31. The van der Waals surface area contributed by atoms with E-state index < -0.39 is 0 Å². The molecule has 0 aliphatic rings. The molecule has 0 aliphatic carbocycles. The van der Waals surface area contributed by atoms with Crippen molar-refractivity contribution in [1.82, 2.24) is 0 Å². The topological polar surface area (TPSA) is 21.3 Å². The molecule has 0 bridgehead atoms. The summed E-state index contributed by atoms with van der Waals surface area (Å²) in [6.07, 6.45) is 1.66. The SMILES string of the molecule is C=CCNc1c(F)cccc1OC. The lowest BCUT2D eigenvalue weighted by Gasteiger charge is -2.09. The Morgan fingerprint density at radius 1 is 1.62 bits per heavy atom. The number of anilines is 1. The highest BCUT2D eigenvalue weighted by molar-refractivity contribution is 5.57. The van der Waals surface area contributed by atoms with Gasteiger partial charge >= 0.3 is 0 Å². The first-order valence-electron chi connectivity index (χ1n) is 3.97. The van der Waals surface area contributed by atoms with Crippen LogP contribution in [0.5, 0.6) is 5.75 Å². The predicted octanol–water partition coefficient (Wildman–Crippen LogP) is 2.43. The minimum absolute atomic E-state index is 0.318. The summed E-state index contributed by atoms with van der Waals surface area (Å²) in [4.78, 5) is 0. The van der Waals surface area contributed by atoms with E-state index in [2.05, 4.69) is 11.9 Å². The molecule has 1 rings (SSSR count). The van der Waals surface area contributed by atoms with Gasteiger partial charge in [0, 0.05) is 6.54 Å². The zero-order chi connectivity index (χ0) is 9.68. The van der Waals surface area contributed by atoms with E-state index in [0.717, 1.165) is 0 Å². The standard InChI is InChI=1S/C10H12FNO/c1-3-7-12-10-8(11)5-4-6-9(10)13-2/h3-6,12H,1,7H2,2H3. The fraction of sp³-hybridized carbons (Fsp3) is 0.200. The van der Waals surface area contributed by atoms with Gasteiger partial charge in [0.1, 0.15) is 17.3 Å². The third-order valence-electron chi connectivity index (χ3n) is 1.62. The summed E-state index contributed by atoms with van der Waals surface area (Å²) in [6, 6.07) is 4.69. The number of ether oxygens (including phenoxy) is 1. The minimum Gasteiger partial charge on any atom is -0.494 e. The highest BCUT2D eigenvalue weighted by Crippen LogP contribution is 2.26. The summed E-state index contributed by atoms with van der Waals surface area (Å²) in [5.74, 6) is 0.183. The van der Waals surface area contributed by atoms with E-state index in [-0.39, 0.29) is 5.82 Å². The quantitative estimate of drug-likeness (QED) is 0.720. The Balaban J connectivity index is 2.93. The van der Waals surface area contributed by atoms with E-state index in [1.165, 1.54) is 13.2 Å². The summed E-state index contributed by atoms with van der Waals surface area (Å²) >= 11 is 0. The number of hydrogen-bond donors (Lipinski definition) is 1. The van der Waals surface area contributed by atoms with Crippen LogP contribution < -0.4 is 10.1 Å². The van der Waals surface area contributed by atoms with Gasteiger partial charge in [-0.1, -0.05) is 12.1 Å². The maximum Gasteiger partial charge on any atom is 0.150 e. The largest absolute Gasteiger partial charge is 0.494 e. The van der Waals surface area contributed by atoms with E-state index in [4.69, 9.17) is 4.74 Å². The van der Waals surface area contributed by atoms with Crippen LogP contribution in [-0.2, 0) is 0 Å². The predicted molar refractivity (Wildman–Crippen MR) is 51.6 cm³/mol. The van der Waals surface area contributed by atoms with Crippen LogP contribution in [0.2, 0.25) is 0 Å². The van der Waals surface area contributed by atoms with Crippen LogP contribution in [0.3, 0.4) is 0 Å². The first-order chi connectivity index (χ1) is 6.29. The molecule has 0 saturated heterocycles. The fourth-order valence-electron chi connectivity index (χ4n) is 1.02. The first kappa shape index (κ1) is 9.58. The minimum atomic E-state index is -0.318. The van der Waals surface area contributed by atoms with Gasteiger partial charge in [0.25, 0.3) is 0 Å². The molecule has 0 fully saturated rings. The number of rotatable bonds is 4. The molecule has 1 N–H and O–H groups in total. The van der Waals surface area contributed by atoms with E-state index in [1.807, 2.05) is 0 Å². The van der Waals surface area contributed by atoms with Gasteiger partial charge in [-0.05, 0) is 12.1 Å². The van der Waals surface area contributed by atoms with Crippen molar-refractivity contribution in [3.63, 3.8) is 0 Å². The highest BCUT2D eigenvalue weighted by Gasteiger charge is 2.06. The molecule has 13 heavy (non-hydrogen) atoms. The van der Waals surface area contributed by atoms with Crippen LogP contribution >= 0.6 is 0 Å². The van der Waals surface area contributed by atoms with Gasteiger partial charge in [-0.25, -0.2) is 4.39 Å². The number of methoxy groups -OCH3 is 1. The molecular formula is C10H12FNO. The lowest BCUT2D eigenvalue weighted by molar-refractivity contribution is 0.413. The molecule has 0 heterocycles. The summed E-state index contributed by atoms with van der Waals surface area (Å²) < 4.78 is 18.2. The van der Waals surface area contributed by atoms with Gasteiger partial charge < -0.3 is 10.1 Å². The molecule has 70 valence electrons. The monoisotopic (exact) mass is 181 g/mol. The zero-order valence-corrected chi connectivity index (χ0v) is 7.51. The van der Waals surface area contributed by atoms with Crippen molar-refractivity contribution in [2.75, 3.05) is 19.0 Å². The average Bonchev–Trinajstić information content (AvgIpc) is 2.15. The van der Waals surface area contributed by atoms with Gasteiger partial charge in [-0.3, -0.25) is 0 Å². The molecule has 2 nitrogen and oxygen atoms in total. The van der Waals surface area contributed by atoms with E-state index in [0.29, 0.717) is 18.0 Å². The van der Waals surface area contributed by atoms with Crippen LogP contribution in [0, 0.1) is 5.82 Å². The lowest BCUT2D eigenvalue weighted by Crippen LogP contribution is -2.02. The fourth-order valence-corrected chi connectivity index (χ4v) is 1.02. The number of hydrogen-bond acceptors (Lipinski definition) is 2. The van der Waals surface area contributed by atoms with E-state index in [1.54, 1.807) is 18.2 Å². The molecule has 0 aliphatic heterocycles. The second-order valence-corrected chi connectivity index (χ2v) is 2.49. The molecular weight excluding hydrogens is 169 g/mol. The molecule has 0 unspecified atom stereocenters. The normalized spacial score (nSPS) is 9.38. The van der Waals surface area contributed by atoms with Crippen LogP contribution in [-0.4, -0.2) is 13.7 Å². The summed E-state index contributed by atoms with van der Waals surface area (Å²) in [6.45, 7) is 4.05. The van der Waals surface area contributed by atoms with Crippen molar-refractivity contribution in [3.05, 3.63) is 36.7 Å². The van der Waals surface area contributed by atoms with Crippen molar-refractivity contribution in [2.45, 2.75) is 0 Å². The molecule has 0 atom stereocenters. The van der Waals surface area contributed by atoms with Crippen LogP contribution in [0.25, 0.3) is 0 Å². The van der Waals surface area contributed by atoms with Gasteiger partial charge in [-0.2, -0.15) is 0 Å². The van der Waals surface area contributed by atoms with Crippen molar-refractivity contribution in [2.24, 2.45) is 0 Å². The average molecular weight is 181 g/mol. The molecule has 0 spiro atoms. The molecule has 0 amide bonds. The Labute approximate surface area is 77.0 Å². The van der Waals surface area contributed by atoms with Gasteiger partial charge in [0.2, 0.25) is 0 Å². The summed E-state index contributed by atoms with van der Waals surface area (Å²) in [5, 5.41) is 2.86. The third kappa shape index (κ3) is 2.21. The second kappa shape index (κ2) is 4.50. The van der Waals surface area contributed by atoms with Crippen molar-refractivity contribution < 1.29 is 9.13 Å². The highest BCUT2D eigenvalue weighted by atomic mass is 19.1. The van der Waals surface area contributed by atoms with E-state index >= 15 is 0 Å². The summed E-state index contributed by atoms with van der Waals surface area (Å²) in [5.41, 5.74) is 0.380. The lowest BCUT2D eigenvalue weighted by atomic mass is 10.2. The van der Waals surface area contributed by atoms with Crippen molar-refractivity contribution in [3.8, 4) is 5.75 Å². The molecule has 3 heteroatoms. The van der Waals surface area contributed by atoms with E-state index in [9.17, 15) is 4.39 Å². The molecule has 1 aromatic rings. The van der Waals surface area contributed by atoms with Crippen molar-refractivity contribution in [1.29, 1.82) is 0 Å². The number of para-hydroxylation sites is 1. The van der Waals surface area contributed by atoms with Crippen LogP contribution in [0.4, 0.5) is 10.1 Å². The van der Waals surface area contributed by atoms with Gasteiger partial charge in [0.05, 0.1) is 7.11 Å². The number of halogens is 1. The Bertz CT molecular complexity index is 299. The Morgan fingerprint density at radius 2 is 2.38 bits per heavy atom. The molecule has 0 radical (unpaired) electrons. The molecule has 0 saturated carbocycles. The zero-order valence-electron chi connectivity index (χ0n) is 7.51. The second-order valence-electron chi connectivity index (χ2n) is 2.49. The van der Waals surface area contributed by atoms with Gasteiger partial charge in [-0.15, -0.1) is 6.58 Å². The van der Waals surface area contributed by atoms with Crippen LogP contribution in [0.1, 0.15) is 0 Å². The number of benzene rings is 1. The maximum absolute atomic E-state index is 13.2. The Hall–Kier alpha value is -1.51. The van der Waals surface area contributed by atoms with Crippen molar-refractivity contribution >= 4 is 5.69 Å². The van der Waals surface area contributed by atoms with Crippen LogP contribution in [0.15, 0.2) is 30.9 Å². The third-order valence-corrected chi connectivity index (χ3v) is 1.62. The van der Waals surface area contributed by atoms with Gasteiger partial charge in [0.15, 0.2) is 0 Å². The molecule has 0 aromatic heterocycles. The summed E-state index contributed by atoms with van der Waals surface area (Å²) in [7, 11) is 1.51.